The lowest BCUT2D eigenvalue weighted by atomic mass is 9.93. The van der Waals surface area contributed by atoms with Gasteiger partial charge in [-0.25, -0.2) is 4.98 Å². The highest BCUT2D eigenvalue weighted by Crippen LogP contribution is 2.39. The van der Waals surface area contributed by atoms with Crippen molar-refractivity contribution in [3.63, 3.8) is 0 Å². The van der Waals surface area contributed by atoms with Crippen molar-refractivity contribution < 1.29 is 4.74 Å². The minimum Gasteiger partial charge on any atom is -0.376 e. The average molecular weight is 334 g/mol. The molecule has 0 saturated carbocycles. The van der Waals surface area contributed by atoms with E-state index in [9.17, 15) is 0 Å². The van der Waals surface area contributed by atoms with E-state index in [0.29, 0.717) is 15.9 Å². The number of rotatable bonds is 2. The molecule has 2 heterocycles. The number of halogens is 3. The van der Waals surface area contributed by atoms with Crippen LogP contribution in [0.25, 0.3) is 11.0 Å². The summed E-state index contributed by atoms with van der Waals surface area (Å²) in [5.74, 6) is 1.16. The summed E-state index contributed by atoms with van der Waals surface area (Å²) < 4.78 is 7.91. The van der Waals surface area contributed by atoms with Crippen molar-refractivity contribution in [3.8, 4) is 0 Å². The molecule has 0 N–H and O–H groups in total. The van der Waals surface area contributed by atoms with E-state index in [1.54, 1.807) is 6.07 Å². The average Bonchev–Trinajstić information content (AvgIpc) is 2.92. The number of benzene rings is 1. The van der Waals surface area contributed by atoms with E-state index in [4.69, 9.17) is 39.5 Å². The molecular formula is C14H15Cl3N2O. The van der Waals surface area contributed by atoms with Crippen molar-refractivity contribution >= 4 is 45.8 Å². The van der Waals surface area contributed by atoms with E-state index in [-0.39, 0.29) is 11.6 Å². The molecule has 0 aliphatic carbocycles. The number of nitrogens with zero attached hydrogens (tertiary/aromatic N) is 2. The predicted octanol–water partition coefficient (Wildman–Crippen LogP) is 4.61. The fraction of sp³-hybridized carbons (Fsp3) is 0.500. The van der Waals surface area contributed by atoms with Crippen LogP contribution in [-0.4, -0.2) is 22.3 Å². The maximum atomic E-state index is 6.16. The molecule has 0 radical (unpaired) electrons. The lowest BCUT2D eigenvalue weighted by Crippen LogP contribution is -2.37. The Morgan fingerprint density at radius 2 is 2.10 bits per heavy atom. The first-order valence-electron chi connectivity index (χ1n) is 6.52. The Morgan fingerprint density at radius 3 is 2.70 bits per heavy atom. The number of fused-ring (bicyclic) bond motifs is 1. The van der Waals surface area contributed by atoms with Crippen molar-refractivity contribution in [1.29, 1.82) is 0 Å². The molecule has 0 spiro atoms. The zero-order valence-corrected chi connectivity index (χ0v) is 13.6. The number of hydrogen-bond acceptors (Lipinski definition) is 2. The molecule has 1 aromatic heterocycles. The molecule has 0 amide bonds. The zero-order valence-electron chi connectivity index (χ0n) is 11.3. The fourth-order valence-electron chi connectivity index (χ4n) is 2.90. The van der Waals surface area contributed by atoms with Gasteiger partial charge in [0.25, 0.3) is 0 Å². The molecule has 1 aromatic carbocycles. The molecule has 3 nitrogen and oxygen atoms in total. The van der Waals surface area contributed by atoms with Crippen molar-refractivity contribution in [3.05, 3.63) is 28.0 Å². The smallest absolute Gasteiger partial charge is 0.125 e. The van der Waals surface area contributed by atoms with Crippen molar-refractivity contribution in [2.24, 2.45) is 0 Å². The van der Waals surface area contributed by atoms with E-state index >= 15 is 0 Å². The largest absolute Gasteiger partial charge is 0.376 e. The first-order chi connectivity index (χ1) is 9.47. The lowest BCUT2D eigenvalue weighted by Gasteiger charge is -2.31. The number of aromatic nitrogens is 2. The fourth-order valence-corrected chi connectivity index (χ4v) is 3.40. The van der Waals surface area contributed by atoms with Crippen LogP contribution in [0, 0.1) is 0 Å². The van der Waals surface area contributed by atoms with Gasteiger partial charge in [0.1, 0.15) is 5.82 Å². The van der Waals surface area contributed by atoms with Gasteiger partial charge in [-0.15, -0.1) is 11.6 Å². The molecule has 1 saturated heterocycles. The summed E-state index contributed by atoms with van der Waals surface area (Å²) in [6, 6.07) is 3.65. The van der Waals surface area contributed by atoms with Crippen molar-refractivity contribution in [2.45, 2.75) is 37.8 Å². The van der Waals surface area contributed by atoms with Gasteiger partial charge in [0, 0.05) is 6.61 Å². The van der Waals surface area contributed by atoms with Crippen LogP contribution in [0.4, 0.5) is 0 Å². The van der Waals surface area contributed by atoms with Gasteiger partial charge < -0.3 is 9.30 Å². The van der Waals surface area contributed by atoms with Crippen LogP contribution in [0.2, 0.25) is 10.0 Å². The van der Waals surface area contributed by atoms with Crippen LogP contribution in [0.3, 0.4) is 0 Å². The standard InChI is InChI=1S/C14H15Cl3N2O/c1-8-14(2,3-4-20-8)19-12-6-10(17)9(16)5-11(12)18-13(19)7-15/h5-6,8H,3-4,7H2,1-2H3. The van der Waals surface area contributed by atoms with E-state index in [0.717, 1.165) is 29.9 Å². The van der Waals surface area contributed by atoms with Crippen LogP contribution in [0.5, 0.6) is 0 Å². The number of imidazole rings is 1. The predicted molar refractivity (Wildman–Crippen MR) is 83.0 cm³/mol. The number of hydrogen-bond donors (Lipinski definition) is 0. The van der Waals surface area contributed by atoms with E-state index in [1.807, 2.05) is 6.07 Å². The van der Waals surface area contributed by atoms with Gasteiger partial charge >= 0.3 is 0 Å². The highest BCUT2D eigenvalue weighted by molar-refractivity contribution is 6.42. The zero-order chi connectivity index (χ0) is 14.5. The molecule has 0 bridgehead atoms. The molecule has 2 unspecified atom stereocenters. The van der Waals surface area contributed by atoms with Crippen LogP contribution in [-0.2, 0) is 16.2 Å². The maximum absolute atomic E-state index is 6.16. The second kappa shape index (κ2) is 5.06. The summed E-state index contributed by atoms with van der Waals surface area (Å²) in [4.78, 5) is 4.59. The third-order valence-electron chi connectivity index (χ3n) is 4.25. The summed E-state index contributed by atoms with van der Waals surface area (Å²) >= 11 is 18.3. The van der Waals surface area contributed by atoms with Gasteiger partial charge in [0.2, 0.25) is 0 Å². The lowest BCUT2D eigenvalue weighted by molar-refractivity contribution is 0.0766. The molecule has 2 atom stereocenters. The second-order valence-corrected chi connectivity index (χ2v) is 6.45. The molecule has 3 rings (SSSR count). The molecule has 20 heavy (non-hydrogen) atoms. The molecule has 1 aliphatic rings. The quantitative estimate of drug-likeness (QED) is 0.751. The Hall–Kier alpha value is -0.480. The van der Waals surface area contributed by atoms with Crippen LogP contribution >= 0.6 is 34.8 Å². The summed E-state index contributed by atoms with van der Waals surface area (Å²) in [5, 5.41) is 1.03. The first kappa shape index (κ1) is 14.5. The molecule has 108 valence electrons. The second-order valence-electron chi connectivity index (χ2n) is 5.37. The summed E-state index contributed by atoms with van der Waals surface area (Å²) in [7, 11) is 0. The Balaban J connectivity index is 2.30. The number of alkyl halides is 1. The third-order valence-corrected chi connectivity index (χ3v) is 5.21. The van der Waals surface area contributed by atoms with Gasteiger partial charge in [0.05, 0.1) is 38.6 Å². The Bertz CT molecular complexity index is 670. The summed E-state index contributed by atoms with van der Waals surface area (Å²) in [6.07, 6.45) is 1.01. The van der Waals surface area contributed by atoms with Crippen LogP contribution in [0.1, 0.15) is 26.1 Å². The number of ether oxygens (including phenoxy) is 1. The Morgan fingerprint density at radius 1 is 1.40 bits per heavy atom. The van der Waals surface area contributed by atoms with Crippen molar-refractivity contribution in [2.75, 3.05) is 6.61 Å². The van der Waals surface area contributed by atoms with Gasteiger partial charge in [-0.1, -0.05) is 23.2 Å². The molecular weight excluding hydrogens is 319 g/mol. The highest BCUT2D eigenvalue weighted by Gasteiger charge is 2.41. The van der Waals surface area contributed by atoms with Gasteiger partial charge in [0.15, 0.2) is 0 Å². The van der Waals surface area contributed by atoms with Gasteiger partial charge in [-0.2, -0.15) is 0 Å². The summed E-state index contributed by atoms with van der Waals surface area (Å²) in [6.45, 7) is 4.99. The van der Waals surface area contributed by atoms with Gasteiger partial charge in [-0.3, -0.25) is 0 Å². The Labute approximate surface area is 132 Å². The van der Waals surface area contributed by atoms with E-state index < -0.39 is 0 Å². The molecule has 2 aromatic rings. The van der Waals surface area contributed by atoms with E-state index in [1.165, 1.54) is 0 Å². The minimum atomic E-state index is -0.171. The molecule has 1 aliphatic heterocycles. The highest BCUT2D eigenvalue weighted by atomic mass is 35.5. The third kappa shape index (κ3) is 2.03. The van der Waals surface area contributed by atoms with Crippen LogP contribution < -0.4 is 0 Å². The molecule has 6 heteroatoms. The first-order valence-corrected chi connectivity index (χ1v) is 7.81. The Kier molecular flexibility index (Phi) is 3.66. The van der Waals surface area contributed by atoms with E-state index in [2.05, 4.69) is 23.4 Å². The van der Waals surface area contributed by atoms with Crippen molar-refractivity contribution in [1.82, 2.24) is 9.55 Å². The monoisotopic (exact) mass is 332 g/mol. The van der Waals surface area contributed by atoms with Gasteiger partial charge in [-0.05, 0) is 32.4 Å². The summed E-state index contributed by atoms with van der Waals surface area (Å²) in [5.41, 5.74) is 1.60. The maximum Gasteiger partial charge on any atom is 0.125 e. The normalized spacial score (nSPS) is 26.6. The topological polar surface area (TPSA) is 27.1 Å². The minimum absolute atomic E-state index is 0.0938. The SMILES string of the molecule is CC1OCCC1(C)n1c(CCl)nc2cc(Cl)c(Cl)cc21. The molecule has 1 fully saturated rings. The van der Waals surface area contributed by atoms with Crippen LogP contribution in [0.15, 0.2) is 12.1 Å².